The zero-order valence-electron chi connectivity index (χ0n) is 11.4. The highest BCUT2D eigenvalue weighted by atomic mass is 14.9. The van der Waals surface area contributed by atoms with Crippen molar-refractivity contribution in [1.82, 2.24) is 10.3 Å². The molecule has 0 bridgehead atoms. The quantitative estimate of drug-likeness (QED) is 0.775. The molecule has 2 unspecified atom stereocenters. The van der Waals surface area contributed by atoms with Crippen molar-refractivity contribution < 1.29 is 0 Å². The van der Waals surface area contributed by atoms with E-state index in [-0.39, 0.29) is 0 Å². The second-order valence-corrected chi connectivity index (χ2v) is 5.13. The van der Waals surface area contributed by atoms with Crippen LogP contribution in [0.15, 0.2) is 31.0 Å². The number of nitrogens with zero attached hydrogens (tertiary/aromatic N) is 1. The van der Waals surface area contributed by atoms with E-state index in [1.165, 1.54) is 36.9 Å². The fraction of sp³-hybridized carbons (Fsp3) is 0.562. The molecule has 2 nitrogen and oxygen atoms in total. The van der Waals surface area contributed by atoms with E-state index in [0.29, 0.717) is 12.0 Å². The van der Waals surface area contributed by atoms with Crippen molar-refractivity contribution in [3.63, 3.8) is 0 Å². The number of aryl methyl sites for hydroxylation is 1. The van der Waals surface area contributed by atoms with Crippen molar-refractivity contribution in [3.8, 4) is 0 Å². The third-order valence-corrected chi connectivity index (χ3v) is 3.80. The van der Waals surface area contributed by atoms with E-state index < -0.39 is 0 Å². The van der Waals surface area contributed by atoms with Gasteiger partial charge in [0.2, 0.25) is 0 Å². The third kappa shape index (κ3) is 2.99. The maximum absolute atomic E-state index is 4.64. The number of hydrogen-bond donors (Lipinski definition) is 1. The van der Waals surface area contributed by atoms with E-state index in [1.54, 1.807) is 0 Å². The van der Waals surface area contributed by atoms with Gasteiger partial charge >= 0.3 is 0 Å². The molecule has 2 atom stereocenters. The van der Waals surface area contributed by atoms with Crippen LogP contribution in [0.3, 0.4) is 0 Å². The maximum atomic E-state index is 4.64. The molecule has 0 fully saturated rings. The fourth-order valence-corrected chi connectivity index (χ4v) is 2.94. The highest BCUT2D eigenvalue weighted by Gasteiger charge is 2.27. The molecule has 0 aromatic carbocycles. The number of aromatic nitrogens is 1. The minimum atomic E-state index is 0.497. The van der Waals surface area contributed by atoms with Crippen LogP contribution in [0.4, 0.5) is 0 Å². The first-order chi connectivity index (χ1) is 8.86. The standard InChI is InChI=1S/C16H24N2/c1-3-7-15(17-11-4-2)14-10-5-8-13-9-6-12-18-16(13)14/h3,6,9,12,14-15,17H,1,4-5,7-8,10-11H2,2H3. The highest BCUT2D eigenvalue weighted by Crippen LogP contribution is 2.33. The molecule has 1 aromatic rings. The van der Waals surface area contributed by atoms with Crippen LogP contribution in [0.1, 0.15) is 49.8 Å². The van der Waals surface area contributed by atoms with Gasteiger partial charge in [-0.2, -0.15) is 0 Å². The Labute approximate surface area is 111 Å². The minimum absolute atomic E-state index is 0.497. The second-order valence-electron chi connectivity index (χ2n) is 5.13. The molecular weight excluding hydrogens is 220 g/mol. The lowest BCUT2D eigenvalue weighted by Gasteiger charge is -2.31. The normalized spacial score (nSPS) is 20.2. The summed E-state index contributed by atoms with van der Waals surface area (Å²) in [6.07, 6.45) is 9.89. The molecule has 1 aliphatic rings. The van der Waals surface area contributed by atoms with Gasteiger partial charge < -0.3 is 5.32 Å². The van der Waals surface area contributed by atoms with E-state index in [2.05, 4.69) is 35.9 Å². The lowest BCUT2D eigenvalue weighted by molar-refractivity contribution is 0.386. The molecule has 0 aliphatic heterocycles. The Kier molecular flexibility index (Phi) is 4.94. The molecule has 0 saturated heterocycles. The van der Waals surface area contributed by atoms with Gasteiger partial charge in [-0.05, 0) is 50.3 Å². The summed E-state index contributed by atoms with van der Waals surface area (Å²) in [7, 11) is 0. The summed E-state index contributed by atoms with van der Waals surface area (Å²) in [4.78, 5) is 4.64. The van der Waals surface area contributed by atoms with Gasteiger partial charge in [0.05, 0.1) is 0 Å². The molecule has 2 heteroatoms. The molecule has 0 radical (unpaired) electrons. The fourth-order valence-electron chi connectivity index (χ4n) is 2.94. The summed E-state index contributed by atoms with van der Waals surface area (Å²) in [6, 6.07) is 4.79. The van der Waals surface area contributed by atoms with Crippen LogP contribution in [0.5, 0.6) is 0 Å². The first-order valence-corrected chi connectivity index (χ1v) is 7.15. The average Bonchev–Trinajstić information content (AvgIpc) is 2.43. The smallest absolute Gasteiger partial charge is 0.0482 e. The molecule has 1 aliphatic carbocycles. The highest BCUT2D eigenvalue weighted by molar-refractivity contribution is 5.27. The number of rotatable bonds is 6. The van der Waals surface area contributed by atoms with Crippen LogP contribution in [0, 0.1) is 0 Å². The maximum Gasteiger partial charge on any atom is 0.0482 e. The third-order valence-electron chi connectivity index (χ3n) is 3.80. The molecule has 0 spiro atoms. The predicted molar refractivity (Wildman–Crippen MR) is 76.8 cm³/mol. The summed E-state index contributed by atoms with van der Waals surface area (Å²) < 4.78 is 0. The second kappa shape index (κ2) is 6.69. The Morgan fingerprint density at radius 3 is 3.28 bits per heavy atom. The molecule has 2 rings (SSSR count). The molecular formula is C16H24N2. The van der Waals surface area contributed by atoms with Crippen molar-refractivity contribution in [2.75, 3.05) is 6.54 Å². The first kappa shape index (κ1) is 13.3. The van der Waals surface area contributed by atoms with Gasteiger partial charge in [-0.25, -0.2) is 0 Å². The molecule has 0 saturated carbocycles. The molecule has 1 aromatic heterocycles. The Balaban J connectivity index is 2.17. The monoisotopic (exact) mass is 244 g/mol. The topological polar surface area (TPSA) is 24.9 Å². The summed E-state index contributed by atoms with van der Waals surface area (Å²) >= 11 is 0. The van der Waals surface area contributed by atoms with Crippen LogP contribution in [0.25, 0.3) is 0 Å². The van der Waals surface area contributed by atoms with E-state index in [1.807, 2.05) is 12.3 Å². The SMILES string of the molecule is C=CCC(NCCC)C1CCCc2cccnc21. The zero-order valence-corrected chi connectivity index (χ0v) is 11.4. The number of fused-ring (bicyclic) bond motifs is 1. The summed E-state index contributed by atoms with van der Waals surface area (Å²) in [5.41, 5.74) is 2.76. The Morgan fingerprint density at radius 2 is 2.50 bits per heavy atom. The Bertz CT molecular complexity index is 386. The molecule has 18 heavy (non-hydrogen) atoms. The van der Waals surface area contributed by atoms with Gasteiger partial charge in [0.1, 0.15) is 0 Å². The van der Waals surface area contributed by atoms with Crippen molar-refractivity contribution in [2.45, 2.75) is 51.0 Å². The largest absolute Gasteiger partial charge is 0.313 e. The molecule has 1 heterocycles. The number of hydrogen-bond acceptors (Lipinski definition) is 2. The lowest BCUT2D eigenvalue weighted by Crippen LogP contribution is -2.37. The zero-order chi connectivity index (χ0) is 12.8. The predicted octanol–water partition coefficient (Wildman–Crippen LogP) is 3.45. The van der Waals surface area contributed by atoms with Gasteiger partial charge in [-0.1, -0.05) is 19.1 Å². The number of nitrogens with one attached hydrogen (secondary N) is 1. The summed E-state index contributed by atoms with van der Waals surface area (Å²) in [5, 5.41) is 3.67. The van der Waals surface area contributed by atoms with E-state index in [4.69, 9.17) is 0 Å². The molecule has 0 amide bonds. The summed E-state index contributed by atoms with van der Waals surface area (Å²) in [6.45, 7) is 7.19. The number of pyridine rings is 1. The van der Waals surface area contributed by atoms with Crippen LogP contribution in [-0.4, -0.2) is 17.6 Å². The van der Waals surface area contributed by atoms with Gasteiger partial charge in [0.25, 0.3) is 0 Å². The lowest BCUT2D eigenvalue weighted by atomic mass is 9.81. The average molecular weight is 244 g/mol. The van der Waals surface area contributed by atoms with Gasteiger partial charge in [0.15, 0.2) is 0 Å². The van der Waals surface area contributed by atoms with Crippen molar-refractivity contribution >= 4 is 0 Å². The van der Waals surface area contributed by atoms with E-state index >= 15 is 0 Å². The summed E-state index contributed by atoms with van der Waals surface area (Å²) in [5.74, 6) is 0.555. The Morgan fingerprint density at radius 1 is 1.61 bits per heavy atom. The minimum Gasteiger partial charge on any atom is -0.313 e. The Hall–Kier alpha value is -1.15. The van der Waals surface area contributed by atoms with Crippen LogP contribution in [-0.2, 0) is 6.42 Å². The van der Waals surface area contributed by atoms with Crippen molar-refractivity contribution in [2.24, 2.45) is 0 Å². The molecule has 98 valence electrons. The van der Waals surface area contributed by atoms with Gasteiger partial charge in [0, 0.05) is 23.9 Å². The van der Waals surface area contributed by atoms with E-state index in [0.717, 1.165) is 13.0 Å². The van der Waals surface area contributed by atoms with Crippen LogP contribution >= 0.6 is 0 Å². The van der Waals surface area contributed by atoms with Gasteiger partial charge in [-0.15, -0.1) is 6.58 Å². The van der Waals surface area contributed by atoms with E-state index in [9.17, 15) is 0 Å². The van der Waals surface area contributed by atoms with Crippen molar-refractivity contribution in [1.29, 1.82) is 0 Å². The van der Waals surface area contributed by atoms with Crippen molar-refractivity contribution in [3.05, 3.63) is 42.2 Å². The van der Waals surface area contributed by atoms with Crippen LogP contribution < -0.4 is 5.32 Å². The van der Waals surface area contributed by atoms with Gasteiger partial charge in [-0.3, -0.25) is 4.98 Å². The molecule has 1 N–H and O–H groups in total. The van der Waals surface area contributed by atoms with Crippen LogP contribution in [0.2, 0.25) is 0 Å². The first-order valence-electron chi connectivity index (χ1n) is 7.15.